The minimum absolute atomic E-state index is 0.167. The number of phenols is 1. The van der Waals surface area contributed by atoms with E-state index in [4.69, 9.17) is 9.47 Å². The van der Waals surface area contributed by atoms with E-state index in [1.807, 2.05) is 31.2 Å². The molecule has 9 heteroatoms. The van der Waals surface area contributed by atoms with Crippen LogP contribution in [0.15, 0.2) is 42.5 Å². The number of carbonyl (C=O) groups excluding carboxylic acids is 2. The van der Waals surface area contributed by atoms with Crippen molar-refractivity contribution in [2.75, 3.05) is 40.5 Å². The molecule has 2 aliphatic rings. The zero-order valence-electron chi connectivity index (χ0n) is 20.8. The fourth-order valence-corrected chi connectivity index (χ4v) is 5.57. The lowest BCUT2D eigenvalue weighted by atomic mass is 9.81. The highest BCUT2D eigenvalue weighted by atomic mass is 16.5. The number of aromatic hydroxyl groups is 1. The third kappa shape index (κ3) is 3.98. The first kappa shape index (κ1) is 24.1. The summed E-state index contributed by atoms with van der Waals surface area (Å²) in [6.45, 7) is 3.85. The molecule has 3 heterocycles. The van der Waals surface area contributed by atoms with E-state index in [2.05, 4.69) is 10.3 Å². The average Bonchev–Trinajstić information content (AvgIpc) is 3.31. The van der Waals surface area contributed by atoms with Crippen LogP contribution in [0.4, 0.5) is 4.79 Å². The molecule has 36 heavy (non-hydrogen) atoms. The molecule has 2 atom stereocenters. The summed E-state index contributed by atoms with van der Waals surface area (Å²) in [6, 6.07) is 12.2. The maximum Gasteiger partial charge on any atom is 0.328 e. The van der Waals surface area contributed by atoms with Gasteiger partial charge in [0.1, 0.15) is 17.0 Å². The molecule has 0 aliphatic carbocycles. The van der Waals surface area contributed by atoms with E-state index in [1.54, 1.807) is 37.3 Å². The van der Waals surface area contributed by atoms with Gasteiger partial charge in [0.2, 0.25) is 0 Å². The summed E-state index contributed by atoms with van der Waals surface area (Å²) >= 11 is 0. The number of benzene rings is 2. The number of nitrogens with zero attached hydrogens (tertiary/aromatic N) is 2. The summed E-state index contributed by atoms with van der Waals surface area (Å²) in [5.74, 6) is 0.712. The number of rotatable bonds is 9. The van der Waals surface area contributed by atoms with Gasteiger partial charge in [-0.15, -0.1) is 0 Å². The van der Waals surface area contributed by atoms with E-state index in [1.165, 1.54) is 4.90 Å². The van der Waals surface area contributed by atoms with Crippen molar-refractivity contribution in [2.24, 2.45) is 0 Å². The quantitative estimate of drug-likeness (QED) is 0.313. The van der Waals surface area contributed by atoms with Crippen LogP contribution in [0.25, 0.3) is 10.9 Å². The van der Waals surface area contributed by atoms with Gasteiger partial charge in [-0.2, -0.15) is 0 Å². The molecule has 2 aliphatic heterocycles. The summed E-state index contributed by atoms with van der Waals surface area (Å²) < 4.78 is 10.5. The topological polar surface area (TPSA) is 107 Å². The van der Waals surface area contributed by atoms with E-state index >= 15 is 0 Å². The number of methoxy groups -OCH3 is 2. The summed E-state index contributed by atoms with van der Waals surface area (Å²) in [4.78, 5) is 34.2. The van der Waals surface area contributed by atoms with Crippen molar-refractivity contribution < 1.29 is 24.2 Å². The molecule has 9 nitrogen and oxygen atoms in total. The molecule has 3 amide bonds. The van der Waals surface area contributed by atoms with Crippen LogP contribution in [0.5, 0.6) is 11.5 Å². The predicted octanol–water partition coefficient (Wildman–Crippen LogP) is 2.98. The first-order chi connectivity index (χ1) is 17.4. The van der Waals surface area contributed by atoms with Gasteiger partial charge in [0.05, 0.1) is 19.8 Å². The Morgan fingerprint density at radius 2 is 2.00 bits per heavy atom. The molecule has 0 spiro atoms. The highest BCUT2D eigenvalue weighted by molar-refractivity contribution is 6.08. The number of phenolic OH excluding ortho intramolecular Hbond substituents is 1. The molecule has 3 aromatic rings. The molecule has 5 rings (SSSR count). The standard InChI is InChI=1S/C27H32N4O5/c1-27-16-21-20-15-19(36-3)7-8-22(20)29-24(21)23(14-17-5-4-6-18(32)13-17)31(27)26(34)30(25(27)33)11-9-28-10-12-35-2/h4-8,13,15,23,28-29,32H,9-12,14,16H2,1-3H3/t23?,27-/m0/s1. The summed E-state index contributed by atoms with van der Waals surface area (Å²) in [5, 5.41) is 14.3. The maximum atomic E-state index is 13.8. The number of carbonyl (C=O) groups is 2. The van der Waals surface area contributed by atoms with Crippen LogP contribution in [-0.4, -0.2) is 77.8 Å². The monoisotopic (exact) mass is 492 g/mol. The van der Waals surface area contributed by atoms with Crippen LogP contribution in [-0.2, 0) is 22.4 Å². The lowest BCUT2D eigenvalue weighted by molar-refractivity contribution is -0.133. The van der Waals surface area contributed by atoms with Gasteiger partial charge in [-0.3, -0.25) is 9.69 Å². The molecule has 3 N–H and O–H groups in total. The first-order valence-electron chi connectivity index (χ1n) is 12.2. The molecular weight excluding hydrogens is 460 g/mol. The van der Waals surface area contributed by atoms with Crippen molar-refractivity contribution in [1.82, 2.24) is 20.1 Å². The van der Waals surface area contributed by atoms with E-state index < -0.39 is 11.6 Å². The molecule has 1 aromatic heterocycles. The number of imide groups is 1. The van der Waals surface area contributed by atoms with Gasteiger partial charge in [0.25, 0.3) is 5.91 Å². The first-order valence-corrected chi connectivity index (χ1v) is 12.2. The van der Waals surface area contributed by atoms with Crippen molar-refractivity contribution >= 4 is 22.8 Å². The zero-order valence-corrected chi connectivity index (χ0v) is 20.8. The number of aromatic amines is 1. The predicted molar refractivity (Wildman–Crippen MR) is 135 cm³/mol. The highest BCUT2D eigenvalue weighted by Gasteiger charge is 2.59. The van der Waals surface area contributed by atoms with Crippen molar-refractivity contribution in [1.29, 1.82) is 0 Å². The molecule has 1 fully saturated rings. The largest absolute Gasteiger partial charge is 0.508 e. The SMILES string of the molecule is COCCNCCN1C(=O)N2C(Cc3cccc(O)c3)c3[nH]c4ccc(OC)cc4c3C[C@@]2(C)C1=O. The van der Waals surface area contributed by atoms with Crippen molar-refractivity contribution in [3.8, 4) is 11.5 Å². The highest BCUT2D eigenvalue weighted by Crippen LogP contribution is 2.47. The second-order valence-corrected chi connectivity index (χ2v) is 9.62. The molecular formula is C27H32N4O5. The molecule has 2 aromatic carbocycles. The van der Waals surface area contributed by atoms with Gasteiger partial charge in [0, 0.05) is 49.8 Å². The van der Waals surface area contributed by atoms with Crippen LogP contribution in [0.1, 0.15) is 29.8 Å². The van der Waals surface area contributed by atoms with Crippen LogP contribution in [0, 0.1) is 0 Å². The Bertz CT molecular complexity index is 1300. The number of nitrogens with one attached hydrogen (secondary N) is 2. The lowest BCUT2D eigenvalue weighted by Gasteiger charge is -2.42. The van der Waals surface area contributed by atoms with Crippen LogP contribution in [0.3, 0.4) is 0 Å². The van der Waals surface area contributed by atoms with Gasteiger partial charge in [-0.05, 0) is 54.8 Å². The zero-order chi connectivity index (χ0) is 25.4. The number of hydrogen-bond acceptors (Lipinski definition) is 6. The Balaban J connectivity index is 1.55. The third-order valence-corrected chi connectivity index (χ3v) is 7.32. The van der Waals surface area contributed by atoms with Crippen molar-refractivity contribution in [3.63, 3.8) is 0 Å². The summed E-state index contributed by atoms with van der Waals surface area (Å²) in [7, 11) is 3.26. The minimum Gasteiger partial charge on any atom is -0.508 e. The Labute approximate surface area is 210 Å². The van der Waals surface area contributed by atoms with Gasteiger partial charge in [0.15, 0.2) is 0 Å². The number of fused-ring (bicyclic) bond motifs is 4. The van der Waals surface area contributed by atoms with Gasteiger partial charge in [-0.1, -0.05) is 12.1 Å². The Morgan fingerprint density at radius 3 is 2.75 bits per heavy atom. The van der Waals surface area contributed by atoms with E-state index in [0.29, 0.717) is 32.5 Å². The van der Waals surface area contributed by atoms with Crippen molar-refractivity contribution in [3.05, 3.63) is 59.3 Å². The second-order valence-electron chi connectivity index (χ2n) is 9.62. The number of ether oxygens (including phenoxy) is 2. The molecule has 0 radical (unpaired) electrons. The van der Waals surface area contributed by atoms with Gasteiger partial charge in [-0.25, -0.2) is 4.79 Å². The number of amides is 3. The smallest absolute Gasteiger partial charge is 0.328 e. The summed E-state index contributed by atoms with van der Waals surface area (Å²) in [6.07, 6.45) is 0.865. The minimum atomic E-state index is -1.02. The Morgan fingerprint density at radius 1 is 1.17 bits per heavy atom. The number of H-pyrrole nitrogens is 1. The maximum absolute atomic E-state index is 13.8. The van der Waals surface area contributed by atoms with E-state index in [-0.39, 0.29) is 24.2 Å². The van der Waals surface area contributed by atoms with Crippen LogP contribution in [0.2, 0.25) is 0 Å². The van der Waals surface area contributed by atoms with Crippen molar-refractivity contribution in [2.45, 2.75) is 31.3 Å². The average molecular weight is 493 g/mol. The van der Waals surface area contributed by atoms with Crippen LogP contribution >= 0.6 is 0 Å². The van der Waals surface area contributed by atoms with Gasteiger partial charge < -0.3 is 29.8 Å². The number of hydrogen-bond donors (Lipinski definition) is 3. The molecule has 1 unspecified atom stereocenters. The lowest BCUT2D eigenvalue weighted by Crippen LogP contribution is -2.53. The number of aromatic nitrogens is 1. The van der Waals surface area contributed by atoms with Crippen LogP contribution < -0.4 is 10.1 Å². The van der Waals surface area contributed by atoms with E-state index in [9.17, 15) is 14.7 Å². The fraction of sp³-hybridized carbons (Fsp3) is 0.407. The van der Waals surface area contributed by atoms with Gasteiger partial charge >= 0.3 is 6.03 Å². The fourth-order valence-electron chi connectivity index (χ4n) is 5.57. The second kappa shape index (κ2) is 9.48. The molecule has 0 bridgehead atoms. The Kier molecular flexibility index (Phi) is 6.36. The molecule has 1 saturated heterocycles. The van der Waals surface area contributed by atoms with E-state index in [0.717, 1.165) is 33.5 Å². The summed E-state index contributed by atoms with van der Waals surface area (Å²) in [5.41, 5.74) is 2.74. The number of urea groups is 1. The third-order valence-electron chi connectivity index (χ3n) is 7.32. The molecule has 0 saturated carbocycles. The normalized spacial score (nSPS) is 21.2. The Hall–Kier alpha value is -3.56. The molecule has 190 valence electrons.